The van der Waals surface area contributed by atoms with E-state index in [2.05, 4.69) is 11.9 Å². The summed E-state index contributed by atoms with van der Waals surface area (Å²) in [4.78, 5) is 30.1. The van der Waals surface area contributed by atoms with Gasteiger partial charge in [0.1, 0.15) is 17.0 Å². The Morgan fingerprint density at radius 1 is 1.35 bits per heavy atom. The third-order valence-electron chi connectivity index (χ3n) is 6.14. The van der Waals surface area contributed by atoms with Gasteiger partial charge in [-0.25, -0.2) is 4.98 Å². The molecule has 6 nitrogen and oxygen atoms in total. The van der Waals surface area contributed by atoms with Gasteiger partial charge >= 0.3 is 0 Å². The predicted molar refractivity (Wildman–Crippen MR) is 118 cm³/mol. The SMILES string of the molecule is CCCC12CCC(=O)C=C1c1c(cc(OCC(=O)N(C)Cc3ncco3)c(Cl)c1Cl)C2. The highest BCUT2D eigenvalue weighted by Crippen LogP contribution is 2.58. The summed E-state index contributed by atoms with van der Waals surface area (Å²) in [7, 11) is 1.65. The van der Waals surface area contributed by atoms with Gasteiger partial charge in [0, 0.05) is 24.4 Å². The first-order valence-corrected chi connectivity index (χ1v) is 11.1. The Morgan fingerprint density at radius 3 is 2.87 bits per heavy atom. The van der Waals surface area contributed by atoms with Gasteiger partial charge in [-0.1, -0.05) is 36.5 Å². The molecule has 1 unspecified atom stereocenters. The number of likely N-dealkylation sites (N-methyl/N-ethyl adjacent to an activating group) is 1. The van der Waals surface area contributed by atoms with Crippen LogP contribution in [0.25, 0.3) is 5.57 Å². The van der Waals surface area contributed by atoms with E-state index < -0.39 is 0 Å². The number of hydrogen-bond acceptors (Lipinski definition) is 5. The molecule has 1 amide bonds. The van der Waals surface area contributed by atoms with E-state index in [-0.39, 0.29) is 35.3 Å². The smallest absolute Gasteiger partial charge is 0.260 e. The number of allylic oxidation sites excluding steroid dienone is 2. The Hall–Kier alpha value is -2.31. The highest BCUT2D eigenvalue weighted by molar-refractivity contribution is 6.44. The third kappa shape index (κ3) is 4.11. The average molecular weight is 463 g/mol. The van der Waals surface area contributed by atoms with Gasteiger partial charge in [0.15, 0.2) is 12.4 Å². The molecule has 2 aliphatic rings. The molecule has 31 heavy (non-hydrogen) atoms. The number of ketones is 1. The van der Waals surface area contributed by atoms with Crippen LogP contribution in [0.1, 0.15) is 49.6 Å². The lowest BCUT2D eigenvalue weighted by Crippen LogP contribution is -2.31. The van der Waals surface area contributed by atoms with Crippen molar-refractivity contribution in [3.8, 4) is 5.75 Å². The summed E-state index contributed by atoms with van der Waals surface area (Å²) in [5.41, 5.74) is 2.79. The van der Waals surface area contributed by atoms with Crippen LogP contribution >= 0.6 is 23.2 Å². The zero-order valence-corrected chi connectivity index (χ0v) is 19.1. The number of hydrogen-bond donors (Lipinski definition) is 0. The monoisotopic (exact) mass is 462 g/mol. The number of fused-ring (bicyclic) bond motifs is 3. The topological polar surface area (TPSA) is 72.6 Å². The van der Waals surface area contributed by atoms with Crippen LogP contribution in [0.4, 0.5) is 0 Å². The van der Waals surface area contributed by atoms with Crippen molar-refractivity contribution in [3.05, 3.63) is 51.7 Å². The van der Waals surface area contributed by atoms with E-state index in [1.807, 2.05) is 6.07 Å². The quantitative estimate of drug-likeness (QED) is 0.571. The summed E-state index contributed by atoms with van der Waals surface area (Å²) < 4.78 is 10.9. The van der Waals surface area contributed by atoms with Crippen molar-refractivity contribution in [1.82, 2.24) is 9.88 Å². The molecule has 2 aromatic rings. The average Bonchev–Trinajstić information content (AvgIpc) is 3.35. The molecule has 1 atom stereocenters. The molecule has 1 aromatic heterocycles. The second-order valence-corrected chi connectivity index (χ2v) is 8.99. The highest BCUT2D eigenvalue weighted by atomic mass is 35.5. The second kappa shape index (κ2) is 8.67. The van der Waals surface area contributed by atoms with Crippen molar-refractivity contribution in [2.45, 2.75) is 45.6 Å². The Balaban J connectivity index is 1.55. The number of oxazole rings is 1. The van der Waals surface area contributed by atoms with E-state index >= 15 is 0 Å². The molecule has 0 N–H and O–H groups in total. The van der Waals surface area contributed by atoms with Gasteiger partial charge in [-0.05, 0) is 42.5 Å². The van der Waals surface area contributed by atoms with Gasteiger partial charge in [0.2, 0.25) is 5.89 Å². The van der Waals surface area contributed by atoms with E-state index in [1.165, 1.54) is 17.4 Å². The second-order valence-electron chi connectivity index (χ2n) is 8.23. The van der Waals surface area contributed by atoms with Gasteiger partial charge < -0.3 is 14.1 Å². The number of rotatable bonds is 7. The van der Waals surface area contributed by atoms with Crippen molar-refractivity contribution in [1.29, 1.82) is 0 Å². The number of carbonyl (C=O) groups excluding carboxylic acids is 2. The number of carbonyl (C=O) groups is 2. The lowest BCUT2D eigenvalue weighted by atomic mass is 9.70. The van der Waals surface area contributed by atoms with E-state index in [0.717, 1.165) is 42.4 Å². The number of benzene rings is 1. The molecule has 8 heteroatoms. The third-order valence-corrected chi connectivity index (χ3v) is 6.99. The zero-order valence-electron chi connectivity index (χ0n) is 17.5. The normalized spacial score (nSPS) is 19.6. The Kier molecular flexibility index (Phi) is 6.13. The van der Waals surface area contributed by atoms with Crippen LogP contribution in [-0.4, -0.2) is 35.2 Å². The van der Waals surface area contributed by atoms with E-state index in [0.29, 0.717) is 23.1 Å². The minimum Gasteiger partial charge on any atom is -0.482 e. The van der Waals surface area contributed by atoms with Gasteiger partial charge in [-0.2, -0.15) is 0 Å². The molecule has 164 valence electrons. The predicted octanol–water partition coefficient (Wildman–Crippen LogP) is 5.11. The van der Waals surface area contributed by atoms with Crippen molar-refractivity contribution < 1.29 is 18.7 Å². The largest absolute Gasteiger partial charge is 0.482 e. The maximum Gasteiger partial charge on any atom is 0.260 e. The van der Waals surface area contributed by atoms with E-state index in [1.54, 1.807) is 13.1 Å². The summed E-state index contributed by atoms with van der Waals surface area (Å²) in [5.74, 6) is 0.707. The van der Waals surface area contributed by atoms with Crippen LogP contribution in [0, 0.1) is 5.41 Å². The first kappa shape index (κ1) is 21.9. The fourth-order valence-electron chi connectivity index (χ4n) is 4.66. The summed E-state index contributed by atoms with van der Waals surface area (Å²) in [6.07, 6.45) is 8.89. The molecule has 0 fully saturated rings. The lowest BCUT2D eigenvalue weighted by molar-refractivity contribution is -0.132. The number of amides is 1. The molecule has 4 rings (SSSR count). The Bertz CT molecular complexity index is 1050. The lowest BCUT2D eigenvalue weighted by Gasteiger charge is -2.33. The van der Waals surface area contributed by atoms with Crippen LogP contribution in [0.5, 0.6) is 5.75 Å². The molecule has 0 saturated carbocycles. The summed E-state index contributed by atoms with van der Waals surface area (Å²) in [6.45, 7) is 2.21. The van der Waals surface area contributed by atoms with Crippen molar-refractivity contribution >= 4 is 40.5 Å². The fraction of sp³-hybridized carbons (Fsp3) is 0.435. The maximum atomic E-state index is 12.5. The Morgan fingerprint density at radius 2 is 2.16 bits per heavy atom. The molecule has 2 aliphatic carbocycles. The zero-order chi connectivity index (χ0) is 22.2. The molecule has 0 radical (unpaired) electrons. The van der Waals surface area contributed by atoms with Crippen molar-refractivity contribution in [2.75, 3.05) is 13.7 Å². The number of aromatic nitrogens is 1. The van der Waals surface area contributed by atoms with Gasteiger partial charge in [0.05, 0.1) is 17.8 Å². The molecule has 1 heterocycles. The number of nitrogens with zero attached hydrogens (tertiary/aromatic N) is 2. The summed E-state index contributed by atoms with van der Waals surface area (Å²) in [5, 5.41) is 0.642. The van der Waals surface area contributed by atoms with E-state index in [4.69, 9.17) is 32.4 Å². The number of halogens is 2. The summed E-state index contributed by atoms with van der Waals surface area (Å²) in [6, 6.07) is 1.87. The standard InChI is InChI=1S/C23H24Cl2N2O4/c1-3-5-23-6-4-15(28)10-16(23)20-14(11-23)9-17(21(24)22(20)25)31-13-19(29)27(2)12-18-26-7-8-30-18/h7-10H,3-6,11-13H2,1-2H3. The summed E-state index contributed by atoms with van der Waals surface area (Å²) >= 11 is 13.2. The molecule has 0 saturated heterocycles. The van der Waals surface area contributed by atoms with Crippen LogP contribution in [0.3, 0.4) is 0 Å². The minimum atomic E-state index is -0.240. The molecular weight excluding hydrogens is 439 g/mol. The van der Waals surface area contributed by atoms with Crippen LogP contribution in [0.2, 0.25) is 10.0 Å². The number of ether oxygens (including phenoxy) is 1. The maximum absolute atomic E-state index is 12.5. The van der Waals surface area contributed by atoms with Crippen LogP contribution in [0.15, 0.2) is 29.0 Å². The minimum absolute atomic E-state index is 0.0807. The van der Waals surface area contributed by atoms with Gasteiger partial charge in [0.25, 0.3) is 5.91 Å². The molecule has 0 spiro atoms. The van der Waals surface area contributed by atoms with Crippen LogP contribution in [-0.2, 0) is 22.6 Å². The molecule has 1 aromatic carbocycles. The highest BCUT2D eigenvalue weighted by Gasteiger charge is 2.45. The molecule has 0 aliphatic heterocycles. The fourth-order valence-corrected chi connectivity index (χ4v) is 5.18. The van der Waals surface area contributed by atoms with Crippen molar-refractivity contribution in [2.24, 2.45) is 5.41 Å². The van der Waals surface area contributed by atoms with Gasteiger partial charge in [-0.15, -0.1) is 0 Å². The van der Waals surface area contributed by atoms with Crippen LogP contribution < -0.4 is 4.74 Å². The first-order chi connectivity index (χ1) is 14.8. The van der Waals surface area contributed by atoms with Crippen molar-refractivity contribution in [3.63, 3.8) is 0 Å². The Labute approximate surface area is 191 Å². The van der Waals surface area contributed by atoms with E-state index in [9.17, 15) is 9.59 Å². The first-order valence-electron chi connectivity index (χ1n) is 10.4. The van der Waals surface area contributed by atoms with Gasteiger partial charge in [-0.3, -0.25) is 9.59 Å². The molecule has 0 bridgehead atoms. The molecular formula is C23H24Cl2N2O4.